The van der Waals surface area contributed by atoms with Crippen molar-refractivity contribution in [3.8, 4) is 11.5 Å². The number of carbonyl (C=O) groups excluding carboxylic acids is 1. The molecule has 0 aliphatic rings. The predicted octanol–water partition coefficient (Wildman–Crippen LogP) is 3.31. The molecule has 2 rings (SSSR count). The summed E-state index contributed by atoms with van der Waals surface area (Å²) in [5, 5.41) is 3.87. The molecule has 5 heteroatoms. The highest BCUT2D eigenvalue weighted by molar-refractivity contribution is 5.84. The number of nitrogens with one attached hydrogen (secondary N) is 1. The minimum absolute atomic E-state index is 0.210. The van der Waals surface area contributed by atoms with Gasteiger partial charge in [0.15, 0.2) is 0 Å². The van der Waals surface area contributed by atoms with E-state index in [1.165, 1.54) is 6.92 Å². The van der Waals surface area contributed by atoms with Crippen molar-refractivity contribution >= 4 is 12.1 Å². The number of aryl methyl sites for hydroxylation is 1. The van der Waals surface area contributed by atoms with E-state index in [4.69, 9.17) is 9.47 Å². The molecule has 0 spiro atoms. The fraction of sp³-hybridized carbons (Fsp3) is 0.263. The van der Waals surface area contributed by atoms with Crippen molar-refractivity contribution in [1.29, 1.82) is 0 Å². The van der Waals surface area contributed by atoms with Gasteiger partial charge in [-0.1, -0.05) is 30.3 Å². The third-order valence-corrected chi connectivity index (χ3v) is 3.24. The first-order valence-corrected chi connectivity index (χ1v) is 7.86. The summed E-state index contributed by atoms with van der Waals surface area (Å²) < 4.78 is 11.5. The molecule has 0 aliphatic heterocycles. The third-order valence-electron chi connectivity index (χ3n) is 3.24. The lowest BCUT2D eigenvalue weighted by atomic mass is 10.2. The Morgan fingerprint density at radius 1 is 1.04 bits per heavy atom. The van der Waals surface area contributed by atoms with Gasteiger partial charge in [-0.15, -0.1) is 0 Å². The van der Waals surface area contributed by atoms with Crippen LogP contribution in [0.15, 0.2) is 53.6 Å². The number of benzene rings is 2. The van der Waals surface area contributed by atoms with Crippen LogP contribution in [0.25, 0.3) is 0 Å². The van der Waals surface area contributed by atoms with Crippen LogP contribution in [0.2, 0.25) is 0 Å². The first-order chi connectivity index (χ1) is 11.7. The van der Waals surface area contributed by atoms with Crippen molar-refractivity contribution in [1.82, 2.24) is 5.43 Å². The van der Waals surface area contributed by atoms with Gasteiger partial charge in [0.2, 0.25) is 5.91 Å². The average molecular weight is 326 g/mol. The first-order valence-electron chi connectivity index (χ1n) is 7.86. The SMILES string of the molecule is CC(=O)N/N=C/c1ccccc1OCCCOc1ccccc1C. The number of carbonyl (C=O) groups is 1. The molecule has 0 bridgehead atoms. The van der Waals surface area contributed by atoms with E-state index in [-0.39, 0.29) is 5.91 Å². The molecule has 2 aromatic carbocycles. The number of nitrogens with zero attached hydrogens (tertiary/aromatic N) is 1. The van der Waals surface area contributed by atoms with Gasteiger partial charge in [0, 0.05) is 18.9 Å². The Morgan fingerprint density at radius 2 is 1.67 bits per heavy atom. The molecule has 126 valence electrons. The number of rotatable bonds is 8. The summed E-state index contributed by atoms with van der Waals surface area (Å²) in [5.74, 6) is 1.42. The lowest BCUT2D eigenvalue weighted by Crippen LogP contribution is -2.12. The summed E-state index contributed by atoms with van der Waals surface area (Å²) in [4.78, 5) is 10.8. The molecule has 0 saturated heterocycles. The minimum atomic E-state index is -0.210. The third kappa shape index (κ3) is 5.76. The fourth-order valence-electron chi connectivity index (χ4n) is 2.05. The molecule has 0 aromatic heterocycles. The number of ether oxygens (including phenoxy) is 2. The maximum absolute atomic E-state index is 10.8. The monoisotopic (exact) mass is 326 g/mol. The van der Waals surface area contributed by atoms with E-state index in [0.717, 1.165) is 29.0 Å². The minimum Gasteiger partial charge on any atom is -0.493 e. The van der Waals surface area contributed by atoms with Crippen LogP contribution >= 0.6 is 0 Å². The molecule has 0 heterocycles. The second kappa shape index (κ2) is 9.35. The van der Waals surface area contributed by atoms with E-state index in [0.29, 0.717) is 13.2 Å². The zero-order valence-corrected chi connectivity index (χ0v) is 14.0. The van der Waals surface area contributed by atoms with Crippen LogP contribution in [0, 0.1) is 6.92 Å². The average Bonchev–Trinajstić information content (AvgIpc) is 2.57. The molecule has 0 fully saturated rings. The van der Waals surface area contributed by atoms with Gasteiger partial charge in [0.05, 0.1) is 19.4 Å². The largest absolute Gasteiger partial charge is 0.493 e. The summed E-state index contributed by atoms with van der Waals surface area (Å²) in [6.07, 6.45) is 2.34. The van der Waals surface area contributed by atoms with Crippen molar-refractivity contribution in [3.63, 3.8) is 0 Å². The molecule has 24 heavy (non-hydrogen) atoms. The van der Waals surface area contributed by atoms with Crippen LogP contribution < -0.4 is 14.9 Å². The molecule has 0 saturated carbocycles. The highest BCUT2D eigenvalue weighted by Crippen LogP contribution is 2.17. The van der Waals surface area contributed by atoms with E-state index < -0.39 is 0 Å². The second-order valence-electron chi connectivity index (χ2n) is 5.28. The summed E-state index contributed by atoms with van der Waals surface area (Å²) in [7, 11) is 0. The van der Waals surface area contributed by atoms with E-state index in [1.54, 1.807) is 6.21 Å². The Kier molecular flexibility index (Phi) is 6.83. The van der Waals surface area contributed by atoms with Gasteiger partial charge < -0.3 is 9.47 Å². The molecule has 0 unspecified atom stereocenters. The smallest absolute Gasteiger partial charge is 0.236 e. The lowest BCUT2D eigenvalue weighted by molar-refractivity contribution is -0.118. The molecule has 0 radical (unpaired) electrons. The predicted molar refractivity (Wildman–Crippen MR) is 94.6 cm³/mol. The second-order valence-corrected chi connectivity index (χ2v) is 5.28. The normalized spacial score (nSPS) is 10.6. The Morgan fingerprint density at radius 3 is 2.38 bits per heavy atom. The molecule has 1 N–H and O–H groups in total. The summed E-state index contributed by atoms with van der Waals surface area (Å²) in [5.41, 5.74) is 4.31. The Hall–Kier alpha value is -2.82. The molecular weight excluding hydrogens is 304 g/mol. The molecule has 2 aromatic rings. The van der Waals surface area contributed by atoms with Crippen LogP contribution in [-0.4, -0.2) is 25.3 Å². The maximum atomic E-state index is 10.8. The van der Waals surface area contributed by atoms with Crippen LogP contribution in [-0.2, 0) is 4.79 Å². The van der Waals surface area contributed by atoms with Crippen molar-refractivity contribution in [2.45, 2.75) is 20.3 Å². The van der Waals surface area contributed by atoms with Gasteiger partial charge in [0.1, 0.15) is 11.5 Å². The van der Waals surface area contributed by atoms with Gasteiger partial charge >= 0.3 is 0 Å². The van der Waals surface area contributed by atoms with E-state index in [9.17, 15) is 4.79 Å². The maximum Gasteiger partial charge on any atom is 0.236 e. The zero-order valence-electron chi connectivity index (χ0n) is 14.0. The highest BCUT2D eigenvalue weighted by Gasteiger charge is 2.01. The van der Waals surface area contributed by atoms with E-state index in [2.05, 4.69) is 10.5 Å². The molecular formula is C19H22N2O3. The van der Waals surface area contributed by atoms with Crippen molar-refractivity contribution < 1.29 is 14.3 Å². The van der Waals surface area contributed by atoms with Crippen LogP contribution in [0.1, 0.15) is 24.5 Å². The van der Waals surface area contributed by atoms with Crippen molar-refractivity contribution in [3.05, 3.63) is 59.7 Å². The van der Waals surface area contributed by atoms with Gasteiger partial charge in [-0.2, -0.15) is 5.10 Å². The highest BCUT2D eigenvalue weighted by atomic mass is 16.5. The number of hydrazone groups is 1. The molecule has 0 aliphatic carbocycles. The molecule has 1 amide bonds. The standard InChI is InChI=1S/C19H22N2O3/c1-15-8-3-5-10-18(15)23-12-7-13-24-19-11-6-4-9-17(19)14-20-21-16(2)22/h3-6,8-11,14H,7,12-13H2,1-2H3,(H,21,22)/b20-14+. The number of hydrogen-bond donors (Lipinski definition) is 1. The topological polar surface area (TPSA) is 59.9 Å². The number of para-hydroxylation sites is 2. The quantitative estimate of drug-likeness (QED) is 0.460. The lowest BCUT2D eigenvalue weighted by Gasteiger charge is -2.11. The number of hydrogen-bond acceptors (Lipinski definition) is 4. The Labute approximate surface area is 142 Å². The van der Waals surface area contributed by atoms with E-state index in [1.807, 2.05) is 55.5 Å². The zero-order chi connectivity index (χ0) is 17.2. The Balaban J connectivity index is 1.79. The summed E-state index contributed by atoms with van der Waals surface area (Å²) in [6, 6.07) is 15.5. The van der Waals surface area contributed by atoms with Gasteiger partial charge in [0.25, 0.3) is 0 Å². The summed E-state index contributed by atoms with van der Waals surface area (Å²) in [6.45, 7) is 4.56. The molecule has 5 nitrogen and oxygen atoms in total. The van der Waals surface area contributed by atoms with Crippen LogP contribution in [0.4, 0.5) is 0 Å². The van der Waals surface area contributed by atoms with Crippen molar-refractivity contribution in [2.75, 3.05) is 13.2 Å². The number of amides is 1. The first kappa shape index (κ1) is 17.5. The van der Waals surface area contributed by atoms with Crippen LogP contribution in [0.3, 0.4) is 0 Å². The van der Waals surface area contributed by atoms with Gasteiger partial charge in [-0.3, -0.25) is 4.79 Å². The Bertz CT molecular complexity index is 699. The summed E-state index contributed by atoms with van der Waals surface area (Å²) >= 11 is 0. The molecule has 0 atom stereocenters. The van der Waals surface area contributed by atoms with Gasteiger partial charge in [-0.05, 0) is 30.7 Å². The van der Waals surface area contributed by atoms with Crippen LogP contribution in [0.5, 0.6) is 11.5 Å². The fourth-order valence-corrected chi connectivity index (χ4v) is 2.05. The van der Waals surface area contributed by atoms with Crippen molar-refractivity contribution in [2.24, 2.45) is 5.10 Å². The van der Waals surface area contributed by atoms with E-state index >= 15 is 0 Å². The van der Waals surface area contributed by atoms with Gasteiger partial charge in [-0.25, -0.2) is 5.43 Å².